The fraction of sp³-hybridized carbons (Fsp3) is 0.500. The summed E-state index contributed by atoms with van der Waals surface area (Å²) < 4.78 is 5.75. The number of rotatable bonds is 1. The predicted octanol–water partition coefficient (Wildman–Crippen LogP) is 3.04. The van der Waals surface area contributed by atoms with E-state index >= 15 is 0 Å². The van der Waals surface area contributed by atoms with E-state index in [-0.39, 0.29) is 12.1 Å². The highest BCUT2D eigenvalue weighted by Gasteiger charge is 2.50. The maximum atomic E-state index is 11.4. The molecule has 2 saturated heterocycles. The molecule has 1 N–H and O–H groups in total. The number of benzene rings is 1. The minimum atomic E-state index is -0.816. The van der Waals surface area contributed by atoms with Gasteiger partial charge in [-0.3, -0.25) is 0 Å². The first-order valence-electron chi connectivity index (χ1n) is 7.69. The van der Waals surface area contributed by atoms with Gasteiger partial charge >= 0.3 is 6.09 Å². The fourth-order valence-electron chi connectivity index (χ4n) is 3.75. The van der Waals surface area contributed by atoms with Crippen molar-refractivity contribution in [1.29, 1.82) is 0 Å². The molecule has 116 valence electrons. The number of fused-ring (bicyclic) bond motifs is 2. The second-order valence-corrected chi connectivity index (χ2v) is 6.30. The van der Waals surface area contributed by atoms with E-state index in [4.69, 9.17) is 4.74 Å². The fourth-order valence-corrected chi connectivity index (χ4v) is 3.75. The van der Waals surface area contributed by atoms with E-state index in [2.05, 4.69) is 17.9 Å². The van der Waals surface area contributed by atoms with Gasteiger partial charge in [0.2, 0.25) is 0 Å². The number of carbonyl (C=O) groups is 1. The lowest BCUT2D eigenvalue weighted by Gasteiger charge is -2.41. The summed E-state index contributed by atoms with van der Waals surface area (Å²) in [4.78, 5) is 13.0. The summed E-state index contributed by atoms with van der Waals surface area (Å²) >= 11 is 0. The topological polar surface area (TPSA) is 49.8 Å². The minimum absolute atomic E-state index is 0.0306. The second kappa shape index (κ2) is 5.66. The molecular formula is C18H21NO3. The van der Waals surface area contributed by atoms with E-state index < -0.39 is 11.7 Å². The minimum Gasteiger partial charge on any atom is -0.465 e. The number of carboxylic acid groups (broad SMARTS) is 1. The van der Waals surface area contributed by atoms with Crippen LogP contribution in [-0.2, 0) is 4.74 Å². The number of methoxy groups -OCH3 is 1. The zero-order valence-electron chi connectivity index (χ0n) is 13.0. The third-order valence-electron chi connectivity index (χ3n) is 4.81. The van der Waals surface area contributed by atoms with Gasteiger partial charge in [0.05, 0.1) is 0 Å². The van der Waals surface area contributed by atoms with E-state index in [1.165, 1.54) is 5.56 Å². The van der Waals surface area contributed by atoms with Gasteiger partial charge in [-0.1, -0.05) is 24.0 Å². The zero-order valence-corrected chi connectivity index (χ0v) is 13.0. The molecule has 2 atom stereocenters. The Hall–Kier alpha value is -1.99. The van der Waals surface area contributed by atoms with Crippen LogP contribution >= 0.6 is 0 Å². The highest BCUT2D eigenvalue weighted by Crippen LogP contribution is 2.42. The van der Waals surface area contributed by atoms with Crippen LogP contribution in [0.2, 0.25) is 0 Å². The number of nitrogens with zero attached hydrogens (tertiary/aromatic N) is 1. The first-order chi connectivity index (χ1) is 10.5. The number of hydrogen-bond acceptors (Lipinski definition) is 2. The molecule has 0 radical (unpaired) electrons. The van der Waals surface area contributed by atoms with E-state index in [0.29, 0.717) is 12.8 Å². The lowest BCUT2D eigenvalue weighted by molar-refractivity contribution is -0.0345. The Bertz CT molecular complexity index is 629. The van der Waals surface area contributed by atoms with Crippen molar-refractivity contribution in [3.63, 3.8) is 0 Å². The molecule has 2 bridgehead atoms. The van der Waals surface area contributed by atoms with Gasteiger partial charge in [0, 0.05) is 37.6 Å². The molecule has 1 aromatic carbocycles. The standard InChI is InChI=1S/C18H21NO3/c1-13-4-3-5-14(10-13)8-9-18(22-2)11-15-6-7-16(12-18)19(15)17(20)21/h3-5,10,15-16H,6-7,11-12H2,1-2H3,(H,20,21). The van der Waals surface area contributed by atoms with Gasteiger partial charge in [-0.25, -0.2) is 4.79 Å². The van der Waals surface area contributed by atoms with Crippen LogP contribution in [-0.4, -0.2) is 40.9 Å². The quantitative estimate of drug-likeness (QED) is 0.811. The SMILES string of the molecule is COC1(C#Cc2cccc(C)c2)CC2CCC(C1)N2C(=O)O. The van der Waals surface area contributed by atoms with Gasteiger partial charge in [0.1, 0.15) is 5.60 Å². The molecule has 1 amide bonds. The number of hydrogen-bond donors (Lipinski definition) is 1. The number of aryl methyl sites for hydroxylation is 1. The zero-order chi connectivity index (χ0) is 15.7. The highest BCUT2D eigenvalue weighted by atomic mass is 16.5. The largest absolute Gasteiger partial charge is 0.465 e. The molecule has 2 aliphatic rings. The van der Waals surface area contributed by atoms with E-state index in [9.17, 15) is 9.90 Å². The Balaban J connectivity index is 1.85. The van der Waals surface area contributed by atoms with E-state index in [1.807, 2.05) is 25.1 Å². The molecule has 0 aromatic heterocycles. The van der Waals surface area contributed by atoms with E-state index in [0.717, 1.165) is 18.4 Å². The van der Waals surface area contributed by atoms with Crippen LogP contribution in [0.3, 0.4) is 0 Å². The van der Waals surface area contributed by atoms with Crippen molar-refractivity contribution >= 4 is 6.09 Å². The molecule has 4 heteroatoms. The molecule has 3 rings (SSSR count). The summed E-state index contributed by atoms with van der Waals surface area (Å²) in [5.41, 5.74) is 1.63. The van der Waals surface area contributed by atoms with Crippen LogP contribution < -0.4 is 0 Å². The monoisotopic (exact) mass is 299 g/mol. The summed E-state index contributed by atoms with van der Waals surface area (Å²) in [7, 11) is 1.68. The number of amides is 1. The molecule has 4 nitrogen and oxygen atoms in total. The van der Waals surface area contributed by atoms with Crippen molar-refractivity contribution in [2.24, 2.45) is 0 Å². The van der Waals surface area contributed by atoms with Crippen molar-refractivity contribution in [2.75, 3.05) is 7.11 Å². The summed E-state index contributed by atoms with van der Waals surface area (Å²) in [6, 6.07) is 8.14. The molecule has 2 fully saturated rings. The Kier molecular flexibility index (Phi) is 3.84. The smallest absolute Gasteiger partial charge is 0.407 e. The second-order valence-electron chi connectivity index (χ2n) is 6.30. The van der Waals surface area contributed by atoms with Gasteiger partial charge in [0.15, 0.2) is 0 Å². The number of piperidine rings is 1. The third kappa shape index (κ3) is 2.69. The average molecular weight is 299 g/mol. The summed E-state index contributed by atoms with van der Waals surface area (Å²) in [5, 5.41) is 9.35. The summed E-state index contributed by atoms with van der Waals surface area (Å²) in [6.07, 6.45) is 2.32. The third-order valence-corrected chi connectivity index (χ3v) is 4.81. The molecule has 2 heterocycles. The van der Waals surface area contributed by atoms with Crippen LogP contribution in [0.15, 0.2) is 24.3 Å². The maximum Gasteiger partial charge on any atom is 0.407 e. The Morgan fingerprint density at radius 2 is 2.05 bits per heavy atom. The molecule has 22 heavy (non-hydrogen) atoms. The van der Waals surface area contributed by atoms with Crippen LogP contribution in [0.5, 0.6) is 0 Å². The van der Waals surface area contributed by atoms with Crippen LogP contribution in [0.25, 0.3) is 0 Å². The van der Waals surface area contributed by atoms with Gasteiger partial charge in [-0.2, -0.15) is 0 Å². The van der Waals surface area contributed by atoms with Crippen molar-refractivity contribution in [3.05, 3.63) is 35.4 Å². The molecule has 0 spiro atoms. The lowest BCUT2D eigenvalue weighted by atomic mass is 9.86. The van der Waals surface area contributed by atoms with E-state index in [1.54, 1.807) is 12.0 Å². The summed E-state index contributed by atoms with van der Waals surface area (Å²) in [6.45, 7) is 2.04. The average Bonchev–Trinajstić information content (AvgIpc) is 2.78. The molecule has 0 aliphatic carbocycles. The van der Waals surface area contributed by atoms with Gasteiger partial charge in [0.25, 0.3) is 0 Å². The molecule has 1 aromatic rings. The molecule has 0 saturated carbocycles. The Labute approximate surface area is 131 Å². The molecule has 2 aliphatic heterocycles. The van der Waals surface area contributed by atoms with Crippen molar-refractivity contribution in [2.45, 2.75) is 50.3 Å². The van der Waals surface area contributed by atoms with Crippen molar-refractivity contribution in [3.8, 4) is 11.8 Å². The molecule has 2 unspecified atom stereocenters. The summed E-state index contributed by atoms with van der Waals surface area (Å²) in [5.74, 6) is 6.52. The molecular weight excluding hydrogens is 278 g/mol. The van der Waals surface area contributed by atoms with Crippen molar-refractivity contribution < 1.29 is 14.6 Å². The van der Waals surface area contributed by atoms with Crippen LogP contribution in [0, 0.1) is 18.8 Å². The Morgan fingerprint density at radius 3 is 2.59 bits per heavy atom. The van der Waals surface area contributed by atoms with Crippen LogP contribution in [0.1, 0.15) is 36.8 Å². The van der Waals surface area contributed by atoms with Crippen LogP contribution in [0.4, 0.5) is 4.79 Å². The highest BCUT2D eigenvalue weighted by molar-refractivity contribution is 5.67. The lowest BCUT2D eigenvalue weighted by Crippen LogP contribution is -2.53. The van der Waals surface area contributed by atoms with Gasteiger partial charge < -0.3 is 14.7 Å². The Morgan fingerprint density at radius 1 is 1.36 bits per heavy atom. The predicted molar refractivity (Wildman–Crippen MR) is 83.7 cm³/mol. The van der Waals surface area contributed by atoms with Gasteiger partial charge in [-0.15, -0.1) is 0 Å². The maximum absolute atomic E-state index is 11.4. The first-order valence-corrected chi connectivity index (χ1v) is 7.69. The number of ether oxygens (including phenoxy) is 1. The first kappa shape index (κ1) is 14.9. The normalized spacial score (nSPS) is 29.8. The van der Waals surface area contributed by atoms with Gasteiger partial charge in [-0.05, 0) is 37.5 Å². The van der Waals surface area contributed by atoms with Crippen molar-refractivity contribution in [1.82, 2.24) is 4.90 Å².